The Morgan fingerprint density at radius 3 is 1.45 bits per heavy atom. The summed E-state index contributed by atoms with van der Waals surface area (Å²) >= 11 is 0. The summed E-state index contributed by atoms with van der Waals surface area (Å²) in [5.41, 5.74) is 0. The first-order valence-electron chi connectivity index (χ1n) is 8.91. The fraction of sp³-hybridized carbons (Fsp3) is 0.900. The number of hydrogen-bond donors (Lipinski definition) is 0. The highest BCUT2D eigenvalue weighted by atomic mass is 14.1. The highest BCUT2D eigenvalue weighted by Crippen LogP contribution is 2.21. The third-order valence-electron chi connectivity index (χ3n) is 4.49. The minimum absolute atomic E-state index is 0.461. The van der Waals surface area contributed by atoms with Crippen LogP contribution in [0.3, 0.4) is 0 Å². The van der Waals surface area contributed by atoms with Crippen molar-refractivity contribution in [3.63, 3.8) is 0 Å². The standard InChI is InChI=1S/C20H38/c1-7-18(4)12-9-14-20(6)16-10-15-19(5)13-8-11-17(2)3/h1,17-20H,8-16H2,2-6H3/t18-,19+,20-/m0/s1. The summed E-state index contributed by atoms with van der Waals surface area (Å²) in [6, 6.07) is 0. The number of rotatable bonds is 12. The third-order valence-corrected chi connectivity index (χ3v) is 4.49. The SMILES string of the molecule is C#C[C@H](C)CCC[C@H](C)CCC[C@H](C)CCCC(C)C. The summed E-state index contributed by atoms with van der Waals surface area (Å²) in [7, 11) is 0. The van der Waals surface area contributed by atoms with E-state index in [9.17, 15) is 0 Å². The minimum atomic E-state index is 0.461. The van der Waals surface area contributed by atoms with Crippen LogP contribution in [0.1, 0.15) is 92.4 Å². The van der Waals surface area contributed by atoms with E-state index in [1.165, 1.54) is 57.8 Å². The maximum Gasteiger partial charge on any atom is 0.0171 e. The molecule has 0 heterocycles. The fourth-order valence-corrected chi connectivity index (χ4v) is 2.83. The van der Waals surface area contributed by atoms with Gasteiger partial charge in [-0.2, -0.15) is 0 Å². The van der Waals surface area contributed by atoms with E-state index in [0.29, 0.717) is 5.92 Å². The molecule has 118 valence electrons. The second kappa shape index (κ2) is 12.3. The van der Waals surface area contributed by atoms with Crippen molar-refractivity contribution >= 4 is 0 Å². The van der Waals surface area contributed by atoms with Crippen molar-refractivity contribution in [1.82, 2.24) is 0 Å². The zero-order chi connectivity index (χ0) is 15.4. The van der Waals surface area contributed by atoms with Gasteiger partial charge in [-0.1, -0.05) is 86.0 Å². The molecule has 3 atom stereocenters. The van der Waals surface area contributed by atoms with Gasteiger partial charge in [-0.05, 0) is 24.2 Å². The quantitative estimate of drug-likeness (QED) is 0.349. The highest BCUT2D eigenvalue weighted by molar-refractivity contribution is 4.89. The third kappa shape index (κ3) is 12.6. The van der Waals surface area contributed by atoms with Crippen molar-refractivity contribution in [2.45, 2.75) is 92.4 Å². The smallest absolute Gasteiger partial charge is 0.0171 e. The Morgan fingerprint density at radius 2 is 1.05 bits per heavy atom. The van der Waals surface area contributed by atoms with Gasteiger partial charge in [0.25, 0.3) is 0 Å². The van der Waals surface area contributed by atoms with E-state index < -0.39 is 0 Å². The Bertz CT molecular complexity index is 245. The minimum Gasteiger partial charge on any atom is -0.120 e. The van der Waals surface area contributed by atoms with Gasteiger partial charge in [0.15, 0.2) is 0 Å². The average Bonchev–Trinajstić information content (AvgIpc) is 2.38. The van der Waals surface area contributed by atoms with Crippen molar-refractivity contribution in [3.8, 4) is 12.3 Å². The molecule has 0 aromatic carbocycles. The molecule has 0 aromatic heterocycles. The zero-order valence-corrected chi connectivity index (χ0v) is 14.8. The molecule has 0 aromatic rings. The summed E-state index contributed by atoms with van der Waals surface area (Å²) < 4.78 is 0. The van der Waals surface area contributed by atoms with E-state index >= 15 is 0 Å². The molecule has 0 rings (SSSR count). The largest absolute Gasteiger partial charge is 0.120 e. The molecule has 0 spiro atoms. The van der Waals surface area contributed by atoms with Gasteiger partial charge in [-0.3, -0.25) is 0 Å². The Hall–Kier alpha value is -0.440. The van der Waals surface area contributed by atoms with E-state index in [2.05, 4.69) is 40.5 Å². The molecule has 0 unspecified atom stereocenters. The Balaban J connectivity index is 3.46. The van der Waals surface area contributed by atoms with Crippen LogP contribution in [0.4, 0.5) is 0 Å². The zero-order valence-electron chi connectivity index (χ0n) is 14.8. The molecule has 0 nitrogen and oxygen atoms in total. The van der Waals surface area contributed by atoms with Crippen LogP contribution in [0.5, 0.6) is 0 Å². The molecule has 20 heavy (non-hydrogen) atoms. The Labute approximate surface area is 129 Å². The topological polar surface area (TPSA) is 0 Å². The second-order valence-corrected chi connectivity index (χ2v) is 7.46. The lowest BCUT2D eigenvalue weighted by Gasteiger charge is -2.15. The monoisotopic (exact) mass is 278 g/mol. The Kier molecular flexibility index (Phi) is 12.0. The van der Waals surface area contributed by atoms with Crippen LogP contribution in [-0.2, 0) is 0 Å². The van der Waals surface area contributed by atoms with Gasteiger partial charge >= 0.3 is 0 Å². The highest BCUT2D eigenvalue weighted by Gasteiger charge is 2.07. The van der Waals surface area contributed by atoms with Crippen molar-refractivity contribution in [2.24, 2.45) is 23.7 Å². The van der Waals surface area contributed by atoms with Gasteiger partial charge < -0.3 is 0 Å². The molecule has 0 bridgehead atoms. The van der Waals surface area contributed by atoms with Gasteiger partial charge in [-0.25, -0.2) is 0 Å². The normalized spacial score (nSPS) is 15.8. The van der Waals surface area contributed by atoms with Crippen LogP contribution in [0.2, 0.25) is 0 Å². The molecular formula is C20H38. The van der Waals surface area contributed by atoms with E-state index in [4.69, 9.17) is 6.42 Å². The fourth-order valence-electron chi connectivity index (χ4n) is 2.83. The van der Waals surface area contributed by atoms with Crippen LogP contribution in [-0.4, -0.2) is 0 Å². The summed E-state index contributed by atoms with van der Waals surface area (Å²) in [4.78, 5) is 0. The van der Waals surface area contributed by atoms with Gasteiger partial charge in [0.2, 0.25) is 0 Å². The van der Waals surface area contributed by atoms with Gasteiger partial charge in [-0.15, -0.1) is 12.3 Å². The Morgan fingerprint density at radius 1 is 0.650 bits per heavy atom. The molecule has 0 aliphatic rings. The van der Waals surface area contributed by atoms with E-state index in [1.54, 1.807) is 0 Å². The molecule has 0 aliphatic carbocycles. The molecule has 0 saturated heterocycles. The van der Waals surface area contributed by atoms with Crippen molar-refractivity contribution in [3.05, 3.63) is 0 Å². The lowest BCUT2D eigenvalue weighted by atomic mass is 9.91. The molecule has 0 saturated carbocycles. The van der Waals surface area contributed by atoms with E-state index in [1.807, 2.05) is 0 Å². The van der Waals surface area contributed by atoms with Crippen LogP contribution >= 0.6 is 0 Å². The lowest BCUT2D eigenvalue weighted by Crippen LogP contribution is -2.01. The van der Waals surface area contributed by atoms with Crippen LogP contribution < -0.4 is 0 Å². The molecule has 0 fully saturated rings. The van der Waals surface area contributed by atoms with Crippen molar-refractivity contribution in [2.75, 3.05) is 0 Å². The van der Waals surface area contributed by atoms with Gasteiger partial charge in [0, 0.05) is 5.92 Å². The van der Waals surface area contributed by atoms with Crippen molar-refractivity contribution in [1.29, 1.82) is 0 Å². The molecular weight excluding hydrogens is 240 g/mol. The van der Waals surface area contributed by atoms with Crippen LogP contribution in [0.25, 0.3) is 0 Å². The van der Waals surface area contributed by atoms with Gasteiger partial charge in [0.1, 0.15) is 0 Å². The maximum atomic E-state index is 5.41. The summed E-state index contributed by atoms with van der Waals surface area (Å²) in [6.07, 6.45) is 17.7. The molecule has 0 radical (unpaired) electrons. The molecule has 0 N–H and O–H groups in total. The van der Waals surface area contributed by atoms with Crippen LogP contribution in [0, 0.1) is 36.0 Å². The number of hydrogen-bond acceptors (Lipinski definition) is 0. The first kappa shape index (κ1) is 19.6. The number of terminal acetylenes is 1. The molecule has 0 amide bonds. The van der Waals surface area contributed by atoms with Crippen molar-refractivity contribution < 1.29 is 0 Å². The first-order valence-corrected chi connectivity index (χ1v) is 8.91. The van der Waals surface area contributed by atoms with E-state index in [0.717, 1.165) is 17.8 Å². The predicted octanol–water partition coefficient (Wildman–Crippen LogP) is 6.69. The predicted molar refractivity (Wildman–Crippen MR) is 92.7 cm³/mol. The van der Waals surface area contributed by atoms with Crippen LogP contribution in [0.15, 0.2) is 0 Å². The summed E-state index contributed by atoms with van der Waals surface area (Å²) in [5.74, 6) is 5.95. The molecule has 0 heteroatoms. The second-order valence-electron chi connectivity index (χ2n) is 7.46. The first-order chi connectivity index (χ1) is 9.45. The average molecular weight is 279 g/mol. The maximum absolute atomic E-state index is 5.41. The van der Waals surface area contributed by atoms with E-state index in [-0.39, 0.29) is 0 Å². The van der Waals surface area contributed by atoms with Gasteiger partial charge in [0.05, 0.1) is 0 Å². The lowest BCUT2D eigenvalue weighted by molar-refractivity contribution is 0.384. The molecule has 0 aliphatic heterocycles. The summed E-state index contributed by atoms with van der Waals surface area (Å²) in [6.45, 7) is 11.6. The summed E-state index contributed by atoms with van der Waals surface area (Å²) in [5, 5.41) is 0.